The van der Waals surface area contributed by atoms with Crippen molar-refractivity contribution in [2.75, 3.05) is 17.3 Å². The Kier molecular flexibility index (Phi) is 5.20. The molecule has 0 aliphatic rings. The van der Waals surface area contributed by atoms with E-state index < -0.39 is 0 Å². The van der Waals surface area contributed by atoms with E-state index in [1.165, 1.54) is 0 Å². The van der Waals surface area contributed by atoms with Crippen LogP contribution in [0.4, 0.5) is 11.8 Å². The number of rotatable bonds is 5. The van der Waals surface area contributed by atoms with E-state index in [4.69, 9.17) is 0 Å². The van der Waals surface area contributed by atoms with Crippen molar-refractivity contribution in [3.8, 4) is 0 Å². The van der Waals surface area contributed by atoms with Gasteiger partial charge >= 0.3 is 0 Å². The lowest BCUT2D eigenvalue weighted by molar-refractivity contribution is 0.0992. The molecule has 1 atom stereocenters. The minimum atomic E-state index is -0.114. The molecule has 0 saturated carbocycles. The zero-order valence-electron chi connectivity index (χ0n) is 16.4. The third-order valence-electron chi connectivity index (χ3n) is 4.93. The van der Waals surface area contributed by atoms with Crippen LogP contribution in [0.5, 0.6) is 0 Å². The molecule has 1 N–H and O–H groups in total. The Hall–Kier alpha value is -3.73. The molecule has 1 aromatic heterocycles. The number of hydrogen-bond donors (Lipinski definition) is 1. The van der Waals surface area contributed by atoms with Crippen LogP contribution in [0.2, 0.25) is 0 Å². The zero-order valence-corrected chi connectivity index (χ0v) is 16.4. The maximum absolute atomic E-state index is 13.0. The SMILES string of the molecule is C[C@H](Nc1nccc(N(C)C(=O)c2ccc3ccccc3c2)n1)c1ccccc1. The first-order valence-electron chi connectivity index (χ1n) is 9.53. The predicted molar refractivity (Wildman–Crippen MR) is 117 cm³/mol. The van der Waals surface area contributed by atoms with E-state index >= 15 is 0 Å². The fraction of sp³-hybridized carbons (Fsp3) is 0.125. The molecule has 5 nitrogen and oxygen atoms in total. The van der Waals surface area contributed by atoms with E-state index in [0.717, 1.165) is 16.3 Å². The largest absolute Gasteiger partial charge is 0.348 e. The Bertz CT molecular complexity index is 1140. The van der Waals surface area contributed by atoms with E-state index in [0.29, 0.717) is 17.3 Å². The van der Waals surface area contributed by atoms with Gasteiger partial charge in [0.25, 0.3) is 5.91 Å². The van der Waals surface area contributed by atoms with Crippen LogP contribution in [-0.4, -0.2) is 22.9 Å². The first-order valence-corrected chi connectivity index (χ1v) is 9.53. The van der Waals surface area contributed by atoms with Crippen molar-refractivity contribution in [3.63, 3.8) is 0 Å². The average Bonchev–Trinajstić information content (AvgIpc) is 2.78. The van der Waals surface area contributed by atoms with Gasteiger partial charge in [-0.3, -0.25) is 9.69 Å². The van der Waals surface area contributed by atoms with Gasteiger partial charge < -0.3 is 5.32 Å². The maximum Gasteiger partial charge on any atom is 0.259 e. The van der Waals surface area contributed by atoms with Crippen molar-refractivity contribution >= 4 is 28.4 Å². The highest BCUT2D eigenvalue weighted by molar-refractivity contribution is 6.07. The minimum Gasteiger partial charge on any atom is -0.348 e. The van der Waals surface area contributed by atoms with E-state index in [1.54, 1.807) is 24.2 Å². The highest BCUT2D eigenvalue weighted by Crippen LogP contribution is 2.21. The van der Waals surface area contributed by atoms with Crippen molar-refractivity contribution in [1.29, 1.82) is 0 Å². The Labute approximate surface area is 170 Å². The molecular formula is C24H22N4O. The number of benzene rings is 3. The Balaban J connectivity index is 1.54. The summed E-state index contributed by atoms with van der Waals surface area (Å²) in [6.07, 6.45) is 1.66. The predicted octanol–water partition coefficient (Wildman–Crippen LogP) is 5.08. The van der Waals surface area contributed by atoms with Gasteiger partial charge in [-0.05, 0) is 41.5 Å². The van der Waals surface area contributed by atoms with Gasteiger partial charge in [0, 0.05) is 18.8 Å². The first-order chi connectivity index (χ1) is 14.1. The van der Waals surface area contributed by atoms with Crippen molar-refractivity contribution in [2.24, 2.45) is 0 Å². The quantitative estimate of drug-likeness (QED) is 0.523. The van der Waals surface area contributed by atoms with Gasteiger partial charge in [-0.15, -0.1) is 0 Å². The van der Waals surface area contributed by atoms with Crippen LogP contribution in [-0.2, 0) is 0 Å². The molecule has 0 spiro atoms. The Morgan fingerprint density at radius 2 is 1.66 bits per heavy atom. The third kappa shape index (κ3) is 4.09. The summed E-state index contributed by atoms with van der Waals surface area (Å²) in [5, 5.41) is 5.44. The van der Waals surface area contributed by atoms with Crippen LogP contribution < -0.4 is 10.2 Å². The van der Waals surface area contributed by atoms with Crippen LogP contribution in [0.15, 0.2) is 85.1 Å². The van der Waals surface area contributed by atoms with E-state index in [2.05, 4.69) is 34.3 Å². The molecule has 3 aromatic carbocycles. The van der Waals surface area contributed by atoms with Gasteiger partial charge in [0.05, 0.1) is 6.04 Å². The summed E-state index contributed by atoms with van der Waals surface area (Å²) in [7, 11) is 1.73. The van der Waals surface area contributed by atoms with E-state index in [1.807, 2.05) is 60.7 Å². The van der Waals surface area contributed by atoms with Crippen LogP contribution in [0, 0.1) is 0 Å². The molecule has 4 rings (SSSR count). The average molecular weight is 382 g/mol. The van der Waals surface area contributed by atoms with Gasteiger partial charge in [-0.2, -0.15) is 4.98 Å². The van der Waals surface area contributed by atoms with Crippen LogP contribution >= 0.6 is 0 Å². The lowest BCUT2D eigenvalue weighted by Gasteiger charge is -2.19. The van der Waals surface area contributed by atoms with Crippen LogP contribution in [0.25, 0.3) is 10.8 Å². The summed E-state index contributed by atoms with van der Waals surface area (Å²) in [5.74, 6) is 0.912. The van der Waals surface area contributed by atoms with Gasteiger partial charge in [0.1, 0.15) is 5.82 Å². The molecule has 0 bridgehead atoms. The van der Waals surface area contributed by atoms with E-state index in [9.17, 15) is 4.79 Å². The number of nitrogens with zero attached hydrogens (tertiary/aromatic N) is 3. The van der Waals surface area contributed by atoms with Crippen LogP contribution in [0.1, 0.15) is 28.9 Å². The smallest absolute Gasteiger partial charge is 0.259 e. The number of anilines is 2. The van der Waals surface area contributed by atoms with Crippen LogP contribution in [0.3, 0.4) is 0 Å². The lowest BCUT2D eigenvalue weighted by atomic mass is 10.1. The highest BCUT2D eigenvalue weighted by Gasteiger charge is 2.16. The molecule has 4 aromatic rings. The topological polar surface area (TPSA) is 58.1 Å². The van der Waals surface area contributed by atoms with Gasteiger partial charge in [-0.25, -0.2) is 4.98 Å². The Morgan fingerprint density at radius 1 is 0.931 bits per heavy atom. The number of amides is 1. The number of carbonyl (C=O) groups is 1. The van der Waals surface area contributed by atoms with Gasteiger partial charge in [-0.1, -0.05) is 60.7 Å². The molecule has 1 heterocycles. The molecule has 1 amide bonds. The van der Waals surface area contributed by atoms with Crippen molar-refractivity contribution in [2.45, 2.75) is 13.0 Å². The lowest BCUT2D eigenvalue weighted by Crippen LogP contribution is -2.27. The molecule has 0 aliphatic carbocycles. The number of fused-ring (bicyclic) bond motifs is 1. The summed E-state index contributed by atoms with van der Waals surface area (Å²) in [4.78, 5) is 23.4. The maximum atomic E-state index is 13.0. The van der Waals surface area contributed by atoms with Crippen molar-refractivity contribution < 1.29 is 4.79 Å². The molecule has 144 valence electrons. The zero-order chi connectivity index (χ0) is 20.2. The number of aromatic nitrogens is 2. The van der Waals surface area contributed by atoms with Crippen molar-refractivity contribution in [3.05, 3.63) is 96.2 Å². The Morgan fingerprint density at radius 3 is 2.45 bits per heavy atom. The number of nitrogens with one attached hydrogen (secondary N) is 1. The highest BCUT2D eigenvalue weighted by atomic mass is 16.2. The molecule has 0 fully saturated rings. The van der Waals surface area contributed by atoms with Gasteiger partial charge in [0.2, 0.25) is 5.95 Å². The second kappa shape index (κ2) is 8.10. The van der Waals surface area contributed by atoms with E-state index in [-0.39, 0.29) is 11.9 Å². The molecule has 0 unspecified atom stereocenters. The standard InChI is InChI=1S/C24H22N4O/c1-17(18-8-4-3-5-9-18)26-24-25-15-14-22(27-24)28(2)23(29)21-13-12-19-10-6-7-11-20(19)16-21/h3-17H,1-2H3,(H,25,26,27)/t17-/m0/s1. The molecule has 29 heavy (non-hydrogen) atoms. The summed E-state index contributed by atoms with van der Waals surface area (Å²) >= 11 is 0. The molecule has 5 heteroatoms. The first kappa shape index (κ1) is 18.6. The molecule has 0 radical (unpaired) electrons. The monoisotopic (exact) mass is 382 g/mol. The normalized spacial score (nSPS) is 11.8. The third-order valence-corrected chi connectivity index (χ3v) is 4.93. The van der Waals surface area contributed by atoms with Gasteiger partial charge in [0.15, 0.2) is 0 Å². The fourth-order valence-corrected chi connectivity index (χ4v) is 3.24. The summed E-state index contributed by atoms with van der Waals surface area (Å²) in [5.41, 5.74) is 1.76. The second-order valence-corrected chi connectivity index (χ2v) is 6.94. The summed E-state index contributed by atoms with van der Waals surface area (Å²) in [6, 6.07) is 25.6. The summed E-state index contributed by atoms with van der Waals surface area (Å²) < 4.78 is 0. The minimum absolute atomic E-state index is 0.0490. The molecule has 0 saturated heterocycles. The number of hydrogen-bond acceptors (Lipinski definition) is 4. The molecular weight excluding hydrogens is 360 g/mol. The fourth-order valence-electron chi connectivity index (χ4n) is 3.24. The molecule has 0 aliphatic heterocycles. The van der Waals surface area contributed by atoms with Crippen molar-refractivity contribution in [1.82, 2.24) is 9.97 Å². The number of carbonyl (C=O) groups excluding carboxylic acids is 1. The second-order valence-electron chi connectivity index (χ2n) is 6.94. The summed E-state index contributed by atoms with van der Waals surface area (Å²) in [6.45, 7) is 2.05.